The SMILES string of the molecule is Cc1nc(/C=C/C(=O)Nc2c(C)nn(-c3ccccc3)c2C)cs1. The van der Waals surface area contributed by atoms with Gasteiger partial charge in [0, 0.05) is 11.5 Å². The molecule has 2 aromatic heterocycles. The van der Waals surface area contributed by atoms with E-state index in [2.05, 4.69) is 15.4 Å². The van der Waals surface area contributed by atoms with Crippen LogP contribution in [0.2, 0.25) is 0 Å². The molecule has 0 aliphatic carbocycles. The van der Waals surface area contributed by atoms with Gasteiger partial charge in [0.1, 0.15) is 0 Å². The maximum Gasteiger partial charge on any atom is 0.248 e. The van der Waals surface area contributed by atoms with Crippen LogP contribution in [0.3, 0.4) is 0 Å². The molecule has 5 nitrogen and oxygen atoms in total. The van der Waals surface area contributed by atoms with E-state index in [-0.39, 0.29) is 5.91 Å². The summed E-state index contributed by atoms with van der Waals surface area (Å²) < 4.78 is 1.83. The van der Waals surface area contributed by atoms with E-state index >= 15 is 0 Å². The highest BCUT2D eigenvalue weighted by molar-refractivity contribution is 7.09. The predicted octanol–water partition coefficient (Wildman–Crippen LogP) is 3.91. The lowest BCUT2D eigenvalue weighted by Gasteiger charge is -2.05. The van der Waals surface area contributed by atoms with Crippen LogP contribution < -0.4 is 5.32 Å². The number of thiazole rings is 1. The Morgan fingerprint density at radius 3 is 2.62 bits per heavy atom. The molecule has 0 radical (unpaired) electrons. The molecule has 1 aromatic carbocycles. The number of carbonyl (C=O) groups is 1. The first kappa shape index (κ1) is 16.1. The van der Waals surface area contributed by atoms with Gasteiger partial charge in [0.05, 0.1) is 33.5 Å². The summed E-state index contributed by atoms with van der Waals surface area (Å²) in [7, 11) is 0. The summed E-state index contributed by atoms with van der Waals surface area (Å²) in [6.45, 7) is 5.76. The Hall–Kier alpha value is -2.73. The van der Waals surface area contributed by atoms with Crippen molar-refractivity contribution < 1.29 is 4.79 Å². The number of anilines is 1. The molecule has 0 aliphatic heterocycles. The van der Waals surface area contributed by atoms with Crippen molar-refractivity contribution >= 4 is 29.0 Å². The zero-order valence-corrected chi connectivity index (χ0v) is 14.6. The van der Waals surface area contributed by atoms with Crippen LogP contribution in [0.25, 0.3) is 11.8 Å². The van der Waals surface area contributed by atoms with Crippen molar-refractivity contribution in [1.82, 2.24) is 14.8 Å². The number of rotatable bonds is 4. The summed E-state index contributed by atoms with van der Waals surface area (Å²) in [5.41, 5.74) is 4.17. The van der Waals surface area contributed by atoms with Gasteiger partial charge in [-0.2, -0.15) is 5.10 Å². The summed E-state index contributed by atoms with van der Waals surface area (Å²) in [6.07, 6.45) is 3.21. The van der Waals surface area contributed by atoms with Crippen LogP contribution in [0.1, 0.15) is 22.1 Å². The molecule has 122 valence electrons. The lowest BCUT2D eigenvalue weighted by Crippen LogP contribution is -2.09. The van der Waals surface area contributed by atoms with Crippen molar-refractivity contribution in [3.8, 4) is 5.69 Å². The first-order chi connectivity index (χ1) is 11.5. The molecule has 0 unspecified atom stereocenters. The third-order valence-corrected chi connectivity index (χ3v) is 4.37. The van der Waals surface area contributed by atoms with Gasteiger partial charge in [-0.25, -0.2) is 9.67 Å². The monoisotopic (exact) mass is 338 g/mol. The van der Waals surface area contributed by atoms with Crippen LogP contribution in [0.4, 0.5) is 5.69 Å². The third kappa shape index (κ3) is 3.44. The number of carbonyl (C=O) groups excluding carboxylic acids is 1. The van der Waals surface area contributed by atoms with Gasteiger partial charge in [-0.1, -0.05) is 18.2 Å². The van der Waals surface area contributed by atoms with E-state index in [1.165, 1.54) is 6.08 Å². The maximum absolute atomic E-state index is 12.2. The standard InChI is InChI=1S/C18H18N4OS/c1-12-18(13(2)22(21-12)16-7-5-4-6-8-16)20-17(23)10-9-15-11-24-14(3)19-15/h4-11H,1-3H3,(H,20,23)/b10-9+. The molecule has 0 saturated carbocycles. The van der Waals surface area contributed by atoms with E-state index in [0.29, 0.717) is 0 Å². The number of benzene rings is 1. The number of aromatic nitrogens is 3. The highest BCUT2D eigenvalue weighted by Gasteiger charge is 2.14. The Balaban J connectivity index is 1.79. The van der Waals surface area contributed by atoms with Crippen molar-refractivity contribution in [2.75, 3.05) is 5.32 Å². The average molecular weight is 338 g/mol. The smallest absolute Gasteiger partial charge is 0.248 e. The van der Waals surface area contributed by atoms with Gasteiger partial charge in [0.2, 0.25) is 5.91 Å². The third-order valence-electron chi connectivity index (χ3n) is 3.58. The van der Waals surface area contributed by atoms with E-state index < -0.39 is 0 Å². The Kier molecular flexibility index (Phi) is 4.57. The second-order valence-corrected chi connectivity index (χ2v) is 6.47. The van der Waals surface area contributed by atoms with Gasteiger partial charge in [0.15, 0.2) is 0 Å². The molecule has 0 saturated heterocycles. The fourth-order valence-electron chi connectivity index (χ4n) is 2.43. The number of para-hydroxylation sites is 1. The van der Waals surface area contributed by atoms with E-state index in [1.807, 2.05) is 61.2 Å². The number of hydrogen-bond donors (Lipinski definition) is 1. The van der Waals surface area contributed by atoms with Crippen molar-refractivity contribution in [3.63, 3.8) is 0 Å². The molecule has 0 atom stereocenters. The Labute approximate surface area is 144 Å². The zero-order chi connectivity index (χ0) is 17.1. The van der Waals surface area contributed by atoms with Crippen molar-refractivity contribution in [1.29, 1.82) is 0 Å². The predicted molar refractivity (Wildman–Crippen MR) is 97.6 cm³/mol. The minimum atomic E-state index is -0.195. The van der Waals surface area contributed by atoms with Gasteiger partial charge in [0.25, 0.3) is 0 Å². The quantitative estimate of drug-likeness (QED) is 0.734. The molecule has 0 fully saturated rings. The highest BCUT2D eigenvalue weighted by atomic mass is 32.1. The maximum atomic E-state index is 12.2. The largest absolute Gasteiger partial charge is 0.319 e. The number of nitrogens with one attached hydrogen (secondary N) is 1. The first-order valence-electron chi connectivity index (χ1n) is 7.57. The molecule has 6 heteroatoms. The lowest BCUT2D eigenvalue weighted by atomic mass is 10.3. The van der Waals surface area contributed by atoms with Crippen LogP contribution in [0.5, 0.6) is 0 Å². The molecule has 1 amide bonds. The zero-order valence-electron chi connectivity index (χ0n) is 13.8. The van der Waals surface area contributed by atoms with Gasteiger partial charge in [-0.15, -0.1) is 11.3 Å². The summed E-state index contributed by atoms with van der Waals surface area (Å²) in [6, 6.07) is 9.85. The minimum Gasteiger partial charge on any atom is -0.319 e. The topological polar surface area (TPSA) is 59.8 Å². The summed E-state index contributed by atoms with van der Waals surface area (Å²) in [4.78, 5) is 16.5. The van der Waals surface area contributed by atoms with Gasteiger partial charge in [-0.05, 0) is 39.0 Å². The molecular weight excluding hydrogens is 320 g/mol. The molecule has 1 N–H and O–H groups in total. The fourth-order valence-corrected chi connectivity index (χ4v) is 3.01. The van der Waals surface area contributed by atoms with Crippen LogP contribution >= 0.6 is 11.3 Å². The molecule has 0 bridgehead atoms. The van der Waals surface area contributed by atoms with Crippen LogP contribution in [-0.4, -0.2) is 20.7 Å². The van der Waals surface area contributed by atoms with E-state index in [0.717, 1.165) is 33.5 Å². The van der Waals surface area contributed by atoms with Crippen LogP contribution in [-0.2, 0) is 4.79 Å². The fraction of sp³-hybridized carbons (Fsp3) is 0.167. The number of hydrogen-bond acceptors (Lipinski definition) is 4. The van der Waals surface area contributed by atoms with Gasteiger partial charge in [-0.3, -0.25) is 4.79 Å². The number of aryl methyl sites for hydroxylation is 2. The second kappa shape index (κ2) is 6.80. The van der Waals surface area contributed by atoms with E-state index in [9.17, 15) is 4.79 Å². The minimum absolute atomic E-state index is 0.195. The lowest BCUT2D eigenvalue weighted by molar-refractivity contribution is -0.111. The summed E-state index contributed by atoms with van der Waals surface area (Å²) in [5.74, 6) is -0.195. The number of amides is 1. The molecule has 0 spiro atoms. The molecule has 0 aliphatic rings. The molecule has 3 rings (SSSR count). The van der Waals surface area contributed by atoms with Crippen molar-refractivity contribution in [2.24, 2.45) is 0 Å². The van der Waals surface area contributed by atoms with E-state index in [4.69, 9.17) is 0 Å². The first-order valence-corrected chi connectivity index (χ1v) is 8.45. The molecule has 24 heavy (non-hydrogen) atoms. The Morgan fingerprint density at radius 2 is 1.96 bits per heavy atom. The van der Waals surface area contributed by atoms with Gasteiger partial charge >= 0.3 is 0 Å². The molecule has 3 aromatic rings. The van der Waals surface area contributed by atoms with Crippen LogP contribution in [0.15, 0.2) is 41.8 Å². The highest BCUT2D eigenvalue weighted by Crippen LogP contribution is 2.22. The average Bonchev–Trinajstić information content (AvgIpc) is 3.12. The normalized spacial score (nSPS) is 11.1. The van der Waals surface area contributed by atoms with Crippen molar-refractivity contribution in [2.45, 2.75) is 20.8 Å². The Bertz CT molecular complexity index is 893. The van der Waals surface area contributed by atoms with Crippen molar-refractivity contribution in [3.05, 3.63) is 63.9 Å². The van der Waals surface area contributed by atoms with Crippen LogP contribution in [0, 0.1) is 20.8 Å². The Morgan fingerprint density at radius 1 is 1.21 bits per heavy atom. The van der Waals surface area contributed by atoms with E-state index in [1.54, 1.807) is 17.4 Å². The molecule has 2 heterocycles. The summed E-state index contributed by atoms with van der Waals surface area (Å²) >= 11 is 1.56. The molecular formula is C18H18N4OS. The number of nitrogens with zero attached hydrogens (tertiary/aromatic N) is 3. The second-order valence-electron chi connectivity index (χ2n) is 5.41. The summed E-state index contributed by atoms with van der Waals surface area (Å²) in [5, 5.41) is 10.3. The van der Waals surface area contributed by atoms with Gasteiger partial charge < -0.3 is 5.32 Å².